The van der Waals surface area contributed by atoms with Gasteiger partial charge in [-0.05, 0) is 12.2 Å². The number of nitrogens with one attached hydrogen (secondary N) is 2. The Bertz CT molecular complexity index is 488. The van der Waals surface area contributed by atoms with Crippen molar-refractivity contribution in [2.75, 3.05) is 26.2 Å². The van der Waals surface area contributed by atoms with Crippen molar-refractivity contribution in [3.8, 4) is 0 Å². The van der Waals surface area contributed by atoms with E-state index in [4.69, 9.17) is 0 Å². The van der Waals surface area contributed by atoms with Crippen LogP contribution in [0, 0.1) is 5.92 Å². The van der Waals surface area contributed by atoms with Crippen molar-refractivity contribution >= 4 is 17.6 Å². The fourth-order valence-electron chi connectivity index (χ4n) is 2.39. The summed E-state index contributed by atoms with van der Waals surface area (Å²) in [5, 5.41) is 10.1. The second-order valence-electron chi connectivity index (χ2n) is 5.26. The highest BCUT2D eigenvalue weighted by atomic mass is 16.2. The molecule has 1 saturated heterocycles. The lowest BCUT2D eigenvalue weighted by Gasteiger charge is -2.37. The minimum atomic E-state index is 0.0621. The molecule has 1 amide bonds. The molecule has 0 aromatic rings. The average molecular weight is 277 g/mol. The highest BCUT2D eigenvalue weighted by Crippen LogP contribution is 2.11. The molecule has 108 valence electrons. The Hall–Kier alpha value is -2.09. The summed E-state index contributed by atoms with van der Waals surface area (Å²) in [6.45, 7) is 6.98. The van der Waals surface area contributed by atoms with E-state index in [0.29, 0.717) is 0 Å². The second kappa shape index (κ2) is 5.12. The van der Waals surface area contributed by atoms with Crippen molar-refractivity contribution in [2.24, 2.45) is 16.1 Å². The van der Waals surface area contributed by atoms with E-state index in [0.717, 1.165) is 37.9 Å². The van der Waals surface area contributed by atoms with Crippen LogP contribution in [0.3, 0.4) is 0 Å². The molecule has 20 heavy (non-hydrogen) atoms. The van der Waals surface area contributed by atoms with Gasteiger partial charge in [-0.15, -0.1) is 15.7 Å². The molecule has 8 heteroatoms. The van der Waals surface area contributed by atoms with Crippen LogP contribution in [0.4, 0.5) is 0 Å². The molecule has 8 nitrogen and oxygen atoms in total. The van der Waals surface area contributed by atoms with Crippen LogP contribution in [-0.2, 0) is 4.79 Å². The number of hydrogen-bond acceptors (Lipinski definition) is 7. The van der Waals surface area contributed by atoms with E-state index in [2.05, 4.69) is 26.2 Å². The molecule has 0 atom stereocenters. The lowest BCUT2D eigenvalue weighted by Crippen LogP contribution is -2.52. The highest BCUT2D eigenvalue weighted by molar-refractivity contribution is 6.05. The monoisotopic (exact) mass is 277 g/mol. The normalized spacial score (nSPS) is 21.6. The first kappa shape index (κ1) is 12.9. The van der Waals surface area contributed by atoms with Crippen LogP contribution in [0.5, 0.6) is 0 Å². The minimum absolute atomic E-state index is 0.0621. The molecule has 3 rings (SSSR count). The van der Waals surface area contributed by atoms with Crippen LogP contribution < -0.4 is 11.1 Å². The topological polar surface area (TPSA) is 75.6 Å². The maximum atomic E-state index is 12.0. The maximum absolute atomic E-state index is 12.0. The van der Waals surface area contributed by atoms with Crippen molar-refractivity contribution in [3.05, 3.63) is 12.2 Å². The number of fused-ring (bicyclic) bond motifs is 1. The first-order valence-electron chi connectivity index (χ1n) is 6.84. The van der Waals surface area contributed by atoms with Crippen molar-refractivity contribution in [2.45, 2.75) is 13.8 Å². The van der Waals surface area contributed by atoms with Gasteiger partial charge >= 0.3 is 0 Å². The zero-order valence-corrected chi connectivity index (χ0v) is 11.7. The third-order valence-corrected chi connectivity index (χ3v) is 3.54. The standard InChI is InChI=1S/C12H19N7O/c1-9(2)12(20)18-7-5-17(6-8-18)11-4-3-10-13-15-16-19(10)14-11/h3-4,9,15-16H,5-8H2,1-2H3. The van der Waals surface area contributed by atoms with Gasteiger partial charge in [0.25, 0.3) is 0 Å². The lowest BCUT2D eigenvalue weighted by atomic mass is 10.1. The molecule has 0 aromatic carbocycles. The van der Waals surface area contributed by atoms with E-state index in [1.54, 1.807) is 5.12 Å². The number of hydrogen-bond donors (Lipinski definition) is 2. The van der Waals surface area contributed by atoms with Gasteiger partial charge in [0, 0.05) is 32.1 Å². The smallest absolute Gasteiger partial charge is 0.225 e. The Balaban J connectivity index is 1.60. The number of amidine groups is 2. The number of rotatable bonds is 1. The summed E-state index contributed by atoms with van der Waals surface area (Å²) in [6, 6.07) is 0. The molecule has 0 bridgehead atoms. The summed E-state index contributed by atoms with van der Waals surface area (Å²) in [6.07, 6.45) is 3.85. The van der Waals surface area contributed by atoms with Crippen molar-refractivity contribution in [1.82, 2.24) is 26.0 Å². The predicted octanol–water partition coefficient (Wildman–Crippen LogP) is -0.692. The number of piperazine rings is 1. The number of carbonyl (C=O) groups excluding carboxylic acids is 1. The minimum Gasteiger partial charge on any atom is -0.352 e. The summed E-state index contributed by atoms with van der Waals surface area (Å²) >= 11 is 0. The molecule has 0 aliphatic carbocycles. The highest BCUT2D eigenvalue weighted by Gasteiger charge is 2.26. The summed E-state index contributed by atoms with van der Waals surface area (Å²) in [5.41, 5.74) is 5.48. The fourth-order valence-corrected chi connectivity index (χ4v) is 2.39. The maximum Gasteiger partial charge on any atom is 0.225 e. The summed E-state index contributed by atoms with van der Waals surface area (Å²) < 4.78 is 0. The third-order valence-electron chi connectivity index (χ3n) is 3.54. The zero-order valence-electron chi connectivity index (χ0n) is 11.7. The molecule has 0 unspecified atom stereocenters. The fraction of sp³-hybridized carbons (Fsp3) is 0.583. The van der Waals surface area contributed by atoms with Crippen LogP contribution >= 0.6 is 0 Å². The molecule has 0 aromatic heterocycles. The van der Waals surface area contributed by atoms with E-state index in [1.165, 1.54) is 0 Å². The predicted molar refractivity (Wildman–Crippen MR) is 75.1 cm³/mol. The van der Waals surface area contributed by atoms with Gasteiger partial charge in [0.1, 0.15) is 0 Å². The van der Waals surface area contributed by atoms with E-state index in [-0.39, 0.29) is 11.8 Å². The Morgan fingerprint density at radius 1 is 1.20 bits per heavy atom. The van der Waals surface area contributed by atoms with Gasteiger partial charge < -0.3 is 9.80 Å². The molecule has 3 aliphatic heterocycles. The number of nitrogens with zero attached hydrogens (tertiary/aromatic N) is 5. The molecule has 3 aliphatic rings. The number of carbonyl (C=O) groups is 1. The van der Waals surface area contributed by atoms with Gasteiger partial charge in [0.2, 0.25) is 5.91 Å². The van der Waals surface area contributed by atoms with Crippen LogP contribution in [0.2, 0.25) is 0 Å². The summed E-state index contributed by atoms with van der Waals surface area (Å²) in [4.78, 5) is 16.1. The second-order valence-corrected chi connectivity index (χ2v) is 5.26. The van der Waals surface area contributed by atoms with E-state index >= 15 is 0 Å². The average Bonchev–Trinajstić information content (AvgIpc) is 2.94. The third kappa shape index (κ3) is 2.34. The van der Waals surface area contributed by atoms with Crippen LogP contribution in [0.15, 0.2) is 22.4 Å². The first-order chi connectivity index (χ1) is 9.65. The molecule has 3 heterocycles. The molecule has 0 radical (unpaired) electrons. The molecule has 0 spiro atoms. The summed E-state index contributed by atoms with van der Waals surface area (Å²) in [5.74, 6) is 1.91. The van der Waals surface area contributed by atoms with Gasteiger partial charge in [-0.3, -0.25) is 4.79 Å². The van der Waals surface area contributed by atoms with Crippen LogP contribution in [0.1, 0.15) is 13.8 Å². The van der Waals surface area contributed by atoms with Gasteiger partial charge in [-0.25, -0.2) is 5.53 Å². The molecule has 2 N–H and O–H groups in total. The largest absolute Gasteiger partial charge is 0.352 e. The Morgan fingerprint density at radius 3 is 2.60 bits per heavy atom. The van der Waals surface area contributed by atoms with Crippen molar-refractivity contribution in [3.63, 3.8) is 0 Å². The van der Waals surface area contributed by atoms with E-state index in [9.17, 15) is 4.79 Å². The zero-order chi connectivity index (χ0) is 14.1. The van der Waals surface area contributed by atoms with Crippen molar-refractivity contribution < 1.29 is 4.79 Å². The van der Waals surface area contributed by atoms with E-state index < -0.39 is 0 Å². The van der Waals surface area contributed by atoms with Gasteiger partial charge in [-0.2, -0.15) is 5.12 Å². The van der Waals surface area contributed by atoms with Crippen LogP contribution in [0.25, 0.3) is 0 Å². The SMILES string of the molecule is CC(C)C(=O)N1CCN(C2=NN3NNN=C3C=C2)CC1. The van der Waals surface area contributed by atoms with Gasteiger partial charge in [0.05, 0.1) is 0 Å². The number of amides is 1. The van der Waals surface area contributed by atoms with Gasteiger partial charge in [0.15, 0.2) is 11.7 Å². The molecular weight excluding hydrogens is 258 g/mol. The van der Waals surface area contributed by atoms with Gasteiger partial charge in [-0.1, -0.05) is 13.8 Å². The molecule has 1 fully saturated rings. The summed E-state index contributed by atoms with van der Waals surface area (Å²) in [7, 11) is 0. The quantitative estimate of drug-likeness (QED) is 0.663. The molecule has 0 saturated carbocycles. The van der Waals surface area contributed by atoms with E-state index in [1.807, 2.05) is 30.9 Å². The van der Waals surface area contributed by atoms with Crippen molar-refractivity contribution in [1.29, 1.82) is 0 Å². The van der Waals surface area contributed by atoms with Crippen LogP contribution in [-0.4, -0.2) is 58.7 Å². The lowest BCUT2D eigenvalue weighted by molar-refractivity contribution is -0.135. The Kier molecular flexibility index (Phi) is 3.31. The Labute approximate surface area is 117 Å². The molecular formula is C12H19N7O. The number of hydrazone groups is 2. The first-order valence-corrected chi connectivity index (χ1v) is 6.84. The number of hydrazine groups is 2. The Morgan fingerprint density at radius 2 is 1.90 bits per heavy atom.